The lowest BCUT2D eigenvalue weighted by Gasteiger charge is -2.20. The number of benzene rings is 1. The molecule has 0 aliphatic rings. The monoisotopic (exact) mass is 403 g/mol. The molecule has 2 N–H and O–H groups in total. The van der Waals surface area contributed by atoms with E-state index in [1.54, 1.807) is 6.07 Å². The molecule has 1 aromatic carbocycles. The highest BCUT2D eigenvalue weighted by molar-refractivity contribution is 7.22. The van der Waals surface area contributed by atoms with Gasteiger partial charge in [0, 0.05) is 0 Å². The van der Waals surface area contributed by atoms with Gasteiger partial charge in [0.2, 0.25) is 5.91 Å². The van der Waals surface area contributed by atoms with Gasteiger partial charge in [-0.15, -0.1) is 11.3 Å². The zero-order valence-corrected chi connectivity index (χ0v) is 16.9. The Morgan fingerprint density at radius 3 is 2.74 bits per heavy atom. The molecular weight excluding hydrogens is 382 g/mol. The molecule has 0 fully saturated rings. The summed E-state index contributed by atoms with van der Waals surface area (Å²) in [5, 5.41) is 7.98. The molecule has 142 valence electrons. The fourth-order valence-electron chi connectivity index (χ4n) is 2.55. The van der Waals surface area contributed by atoms with Crippen LogP contribution in [0.1, 0.15) is 30.4 Å². The Hall–Kier alpha value is -2.45. The van der Waals surface area contributed by atoms with E-state index in [-0.39, 0.29) is 17.7 Å². The third kappa shape index (κ3) is 4.64. The molecule has 0 spiro atoms. The van der Waals surface area contributed by atoms with Crippen molar-refractivity contribution in [2.45, 2.75) is 26.8 Å². The molecule has 8 heteroatoms. The molecule has 6 nitrogen and oxygen atoms in total. The number of thiazole rings is 1. The molecule has 2 amide bonds. The Labute approximate surface area is 165 Å². The van der Waals surface area contributed by atoms with E-state index in [0.717, 1.165) is 16.0 Å². The van der Waals surface area contributed by atoms with Crippen LogP contribution in [0.5, 0.6) is 5.75 Å². The van der Waals surface area contributed by atoms with Crippen molar-refractivity contribution in [2.24, 2.45) is 5.92 Å². The van der Waals surface area contributed by atoms with Crippen molar-refractivity contribution in [1.29, 1.82) is 0 Å². The van der Waals surface area contributed by atoms with Gasteiger partial charge in [-0.3, -0.25) is 9.59 Å². The van der Waals surface area contributed by atoms with E-state index < -0.39 is 6.04 Å². The molecule has 2 aromatic heterocycles. The zero-order valence-electron chi connectivity index (χ0n) is 15.3. The minimum atomic E-state index is -0.648. The van der Waals surface area contributed by atoms with Crippen LogP contribution >= 0.6 is 22.7 Å². The normalized spacial score (nSPS) is 12.1. The first kappa shape index (κ1) is 19.3. The topological polar surface area (TPSA) is 80.3 Å². The number of carbonyl (C=O) groups excluding carboxylic acids is 2. The number of fused-ring (bicyclic) bond motifs is 1. The van der Waals surface area contributed by atoms with E-state index in [1.165, 1.54) is 22.7 Å². The average molecular weight is 404 g/mol. The summed E-state index contributed by atoms with van der Waals surface area (Å²) in [6.45, 7) is 6.31. The molecule has 27 heavy (non-hydrogen) atoms. The van der Waals surface area contributed by atoms with Gasteiger partial charge in [-0.1, -0.05) is 31.3 Å². The van der Waals surface area contributed by atoms with Gasteiger partial charge < -0.3 is 15.4 Å². The quantitative estimate of drug-likeness (QED) is 0.621. The van der Waals surface area contributed by atoms with E-state index >= 15 is 0 Å². The molecule has 0 saturated carbocycles. The highest BCUT2D eigenvalue weighted by Gasteiger charge is 2.26. The molecule has 0 aliphatic heterocycles. The molecular formula is C19H21N3O3S2. The smallest absolute Gasteiger partial charge is 0.262 e. The first-order chi connectivity index (χ1) is 13.0. The number of hydrogen-bond acceptors (Lipinski definition) is 6. The SMILES string of the molecule is CCOc1ccc2nc(NC(=O)[C@@H](NC(=O)c3cccs3)C(C)C)sc2c1. The molecule has 0 bridgehead atoms. The number of ether oxygens (including phenoxy) is 1. The Balaban J connectivity index is 1.73. The fourth-order valence-corrected chi connectivity index (χ4v) is 4.08. The van der Waals surface area contributed by atoms with Gasteiger partial charge in [0.15, 0.2) is 5.13 Å². The maximum atomic E-state index is 12.7. The first-order valence-corrected chi connectivity index (χ1v) is 10.4. The molecule has 0 radical (unpaired) electrons. The van der Waals surface area contributed by atoms with E-state index in [1.807, 2.05) is 50.4 Å². The third-order valence-electron chi connectivity index (χ3n) is 3.88. The van der Waals surface area contributed by atoms with Crippen LogP contribution < -0.4 is 15.4 Å². The molecule has 3 aromatic rings. The van der Waals surface area contributed by atoms with Crippen LogP contribution in [0.4, 0.5) is 5.13 Å². The van der Waals surface area contributed by atoms with E-state index in [4.69, 9.17) is 4.74 Å². The standard InChI is InChI=1S/C19H21N3O3S2/c1-4-25-12-7-8-13-15(10-12)27-19(20-13)22-18(24)16(11(2)3)21-17(23)14-6-5-9-26-14/h5-11,16H,4H2,1-3H3,(H,21,23)(H,20,22,24)/t16-/m0/s1. The van der Waals surface area contributed by atoms with Crippen LogP contribution in [0.3, 0.4) is 0 Å². The predicted molar refractivity (Wildman–Crippen MR) is 110 cm³/mol. The van der Waals surface area contributed by atoms with E-state index in [2.05, 4.69) is 15.6 Å². The molecule has 2 heterocycles. The molecule has 0 unspecified atom stereocenters. The van der Waals surface area contributed by atoms with Crippen LogP contribution in [-0.2, 0) is 4.79 Å². The highest BCUT2D eigenvalue weighted by Crippen LogP contribution is 2.29. The molecule has 0 saturated heterocycles. The lowest BCUT2D eigenvalue weighted by Crippen LogP contribution is -2.46. The van der Waals surface area contributed by atoms with E-state index in [9.17, 15) is 9.59 Å². The van der Waals surface area contributed by atoms with Crippen LogP contribution in [0.15, 0.2) is 35.7 Å². The second-order valence-corrected chi connectivity index (χ2v) is 8.22. The summed E-state index contributed by atoms with van der Waals surface area (Å²) in [5.41, 5.74) is 0.794. The van der Waals surface area contributed by atoms with Crippen LogP contribution in [0.25, 0.3) is 10.2 Å². The molecule has 0 aliphatic carbocycles. The van der Waals surface area contributed by atoms with Crippen molar-refractivity contribution in [3.8, 4) is 5.75 Å². The average Bonchev–Trinajstić information content (AvgIpc) is 3.28. The molecule has 3 rings (SSSR count). The number of nitrogens with one attached hydrogen (secondary N) is 2. The Bertz CT molecular complexity index is 935. The first-order valence-electron chi connectivity index (χ1n) is 8.66. The number of anilines is 1. The zero-order chi connectivity index (χ0) is 19.4. The number of aromatic nitrogens is 1. The maximum absolute atomic E-state index is 12.7. The summed E-state index contributed by atoms with van der Waals surface area (Å²) in [6.07, 6.45) is 0. The van der Waals surface area contributed by atoms with Gasteiger partial charge in [-0.25, -0.2) is 4.98 Å². The number of hydrogen-bond donors (Lipinski definition) is 2. The summed E-state index contributed by atoms with van der Waals surface area (Å²) < 4.78 is 6.43. The van der Waals surface area contributed by atoms with Crippen LogP contribution in [0.2, 0.25) is 0 Å². The van der Waals surface area contributed by atoms with Crippen molar-refractivity contribution >= 4 is 49.8 Å². The van der Waals surface area contributed by atoms with Crippen molar-refractivity contribution < 1.29 is 14.3 Å². The third-order valence-corrected chi connectivity index (χ3v) is 5.68. The number of amides is 2. The van der Waals surface area contributed by atoms with Crippen LogP contribution in [-0.4, -0.2) is 29.4 Å². The summed E-state index contributed by atoms with van der Waals surface area (Å²) in [6, 6.07) is 8.52. The highest BCUT2D eigenvalue weighted by atomic mass is 32.1. The minimum Gasteiger partial charge on any atom is -0.494 e. The van der Waals surface area contributed by atoms with Crippen molar-refractivity contribution in [3.63, 3.8) is 0 Å². The number of nitrogens with zero attached hydrogens (tertiary/aromatic N) is 1. The van der Waals surface area contributed by atoms with E-state index in [0.29, 0.717) is 16.6 Å². The Morgan fingerprint density at radius 2 is 2.07 bits per heavy atom. The fraction of sp³-hybridized carbons (Fsp3) is 0.316. The van der Waals surface area contributed by atoms with Gasteiger partial charge in [0.05, 0.1) is 21.7 Å². The molecule has 1 atom stereocenters. The summed E-state index contributed by atoms with van der Waals surface area (Å²) >= 11 is 2.72. The second kappa shape index (κ2) is 8.49. The number of thiophene rings is 1. The lowest BCUT2D eigenvalue weighted by molar-refractivity contribution is -0.118. The largest absolute Gasteiger partial charge is 0.494 e. The minimum absolute atomic E-state index is 0.0622. The maximum Gasteiger partial charge on any atom is 0.262 e. The van der Waals surface area contributed by atoms with Gasteiger partial charge in [0.25, 0.3) is 5.91 Å². The summed E-state index contributed by atoms with van der Waals surface area (Å²) in [4.78, 5) is 30.1. The van der Waals surface area contributed by atoms with Gasteiger partial charge in [0.1, 0.15) is 11.8 Å². The van der Waals surface area contributed by atoms with Gasteiger partial charge in [-0.2, -0.15) is 0 Å². The number of rotatable bonds is 7. The van der Waals surface area contributed by atoms with Crippen molar-refractivity contribution in [3.05, 3.63) is 40.6 Å². The van der Waals surface area contributed by atoms with Crippen molar-refractivity contribution in [1.82, 2.24) is 10.3 Å². The van der Waals surface area contributed by atoms with Gasteiger partial charge >= 0.3 is 0 Å². The Morgan fingerprint density at radius 1 is 1.26 bits per heavy atom. The second-order valence-electron chi connectivity index (χ2n) is 6.24. The number of carbonyl (C=O) groups is 2. The van der Waals surface area contributed by atoms with Crippen molar-refractivity contribution in [2.75, 3.05) is 11.9 Å². The van der Waals surface area contributed by atoms with Crippen LogP contribution in [0, 0.1) is 5.92 Å². The lowest BCUT2D eigenvalue weighted by atomic mass is 10.0. The summed E-state index contributed by atoms with van der Waals surface area (Å²) in [5.74, 6) is 0.186. The Kier molecular flexibility index (Phi) is 6.08. The van der Waals surface area contributed by atoms with Gasteiger partial charge in [-0.05, 0) is 42.5 Å². The predicted octanol–water partition coefficient (Wildman–Crippen LogP) is 4.15. The summed E-state index contributed by atoms with van der Waals surface area (Å²) in [7, 11) is 0.